The maximum Gasteiger partial charge on any atom is 0.360 e. The van der Waals surface area contributed by atoms with Gasteiger partial charge in [0.05, 0.1) is 31.9 Å². The lowest BCUT2D eigenvalue weighted by Gasteiger charge is -2.48. The third kappa shape index (κ3) is 3.11. The second-order valence-electron chi connectivity index (χ2n) is 8.65. The topological polar surface area (TPSA) is 82.8 Å². The quantitative estimate of drug-likeness (QED) is 0.580. The van der Waals surface area contributed by atoms with E-state index in [2.05, 4.69) is 30.2 Å². The SMILES string of the molecule is CCOC(=O)c1coc(-c2ccc3c(c2)C(C)(C)[C@H]2COc4cccc(OC)c4[C@H]2N3)n1. The van der Waals surface area contributed by atoms with Gasteiger partial charge in [0.1, 0.15) is 17.8 Å². The van der Waals surface area contributed by atoms with E-state index in [0.29, 0.717) is 12.5 Å². The van der Waals surface area contributed by atoms with Gasteiger partial charge in [-0.05, 0) is 42.8 Å². The first-order valence-corrected chi connectivity index (χ1v) is 10.8. The Kier molecular flexibility index (Phi) is 4.84. The van der Waals surface area contributed by atoms with Crippen LogP contribution in [0.25, 0.3) is 11.5 Å². The number of anilines is 1. The molecule has 0 unspecified atom stereocenters. The van der Waals surface area contributed by atoms with E-state index in [1.807, 2.05) is 30.3 Å². The smallest absolute Gasteiger partial charge is 0.360 e. The average molecular weight is 434 g/mol. The number of methoxy groups -OCH3 is 1. The van der Waals surface area contributed by atoms with Gasteiger partial charge in [-0.2, -0.15) is 0 Å². The van der Waals surface area contributed by atoms with E-state index in [9.17, 15) is 4.79 Å². The molecule has 0 spiro atoms. The molecule has 2 atom stereocenters. The number of nitrogens with zero attached hydrogens (tertiary/aromatic N) is 1. The zero-order valence-electron chi connectivity index (χ0n) is 18.6. The van der Waals surface area contributed by atoms with Gasteiger partial charge in [0.15, 0.2) is 5.69 Å². The molecule has 0 bridgehead atoms. The normalized spacial score (nSPS) is 20.1. The van der Waals surface area contributed by atoms with E-state index in [1.165, 1.54) is 6.26 Å². The number of rotatable bonds is 4. The van der Waals surface area contributed by atoms with Gasteiger partial charge in [0.25, 0.3) is 0 Å². The zero-order chi connectivity index (χ0) is 22.5. The lowest BCUT2D eigenvalue weighted by molar-refractivity contribution is 0.0519. The van der Waals surface area contributed by atoms with Crippen LogP contribution in [0.1, 0.15) is 48.4 Å². The number of ether oxygens (including phenoxy) is 3. The Morgan fingerprint density at radius 3 is 2.91 bits per heavy atom. The number of nitrogens with one attached hydrogen (secondary N) is 1. The fourth-order valence-corrected chi connectivity index (χ4v) is 4.82. The molecule has 0 fully saturated rings. The van der Waals surface area contributed by atoms with E-state index < -0.39 is 5.97 Å². The number of hydrogen-bond donors (Lipinski definition) is 1. The van der Waals surface area contributed by atoms with Gasteiger partial charge >= 0.3 is 5.97 Å². The summed E-state index contributed by atoms with van der Waals surface area (Å²) in [6, 6.07) is 12.1. The number of carbonyl (C=O) groups is 1. The zero-order valence-corrected chi connectivity index (χ0v) is 18.6. The van der Waals surface area contributed by atoms with E-state index in [4.69, 9.17) is 18.6 Å². The Hall–Kier alpha value is -3.48. The Balaban J connectivity index is 1.54. The van der Waals surface area contributed by atoms with Crippen LogP contribution in [0.5, 0.6) is 11.5 Å². The van der Waals surface area contributed by atoms with Crippen molar-refractivity contribution in [2.75, 3.05) is 25.6 Å². The third-order valence-corrected chi connectivity index (χ3v) is 6.57. The van der Waals surface area contributed by atoms with Gasteiger partial charge in [-0.3, -0.25) is 0 Å². The molecule has 1 aromatic heterocycles. The summed E-state index contributed by atoms with van der Waals surface area (Å²) in [7, 11) is 1.69. The number of esters is 1. The lowest BCUT2D eigenvalue weighted by atomic mass is 9.65. The highest BCUT2D eigenvalue weighted by Crippen LogP contribution is 2.54. The van der Waals surface area contributed by atoms with E-state index in [0.717, 1.165) is 33.9 Å². The van der Waals surface area contributed by atoms with Crippen LogP contribution in [0.2, 0.25) is 0 Å². The first kappa shape index (κ1) is 20.4. The van der Waals surface area contributed by atoms with Crippen molar-refractivity contribution in [1.29, 1.82) is 0 Å². The van der Waals surface area contributed by atoms with Crippen molar-refractivity contribution < 1.29 is 23.4 Å². The van der Waals surface area contributed by atoms with E-state index in [1.54, 1.807) is 14.0 Å². The molecule has 2 aliphatic heterocycles. The van der Waals surface area contributed by atoms with Crippen LogP contribution in [0.4, 0.5) is 5.69 Å². The number of hydrogen-bond acceptors (Lipinski definition) is 7. The summed E-state index contributed by atoms with van der Waals surface area (Å²) in [6.07, 6.45) is 1.34. The van der Waals surface area contributed by atoms with Crippen LogP contribution in [0.15, 0.2) is 47.1 Å². The fraction of sp³-hybridized carbons (Fsp3) is 0.360. The molecule has 2 aliphatic rings. The Labute approximate surface area is 186 Å². The first-order valence-electron chi connectivity index (χ1n) is 10.8. The molecule has 0 saturated heterocycles. The number of oxazole rings is 1. The summed E-state index contributed by atoms with van der Waals surface area (Å²) in [5, 5.41) is 3.72. The second kappa shape index (κ2) is 7.58. The highest BCUT2D eigenvalue weighted by Gasteiger charge is 2.47. The Bertz CT molecular complexity index is 1170. The van der Waals surface area contributed by atoms with Gasteiger partial charge < -0.3 is 23.9 Å². The minimum atomic E-state index is -0.489. The molecule has 32 heavy (non-hydrogen) atoms. The summed E-state index contributed by atoms with van der Waals surface area (Å²) in [4.78, 5) is 16.3. The molecule has 3 heterocycles. The van der Waals surface area contributed by atoms with Crippen molar-refractivity contribution in [3.05, 3.63) is 59.5 Å². The Morgan fingerprint density at radius 2 is 2.12 bits per heavy atom. The number of aromatic nitrogens is 1. The average Bonchev–Trinajstić information content (AvgIpc) is 3.29. The number of carbonyl (C=O) groups excluding carboxylic acids is 1. The molecule has 2 aromatic carbocycles. The molecule has 3 aromatic rings. The molecule has 0 amide bonds. The monoisotopic (exact) mass is 434 g/mol. The van der Waals surface area contributed by atoms with E-state index >= 15 is 0 Å². The van der Waals surface area contributed by atoms with Gasteiger partial charge in [0.2, 0.25) is 5.89 Å². The Morgan fingerprint density at radius 1 is 1.28 bits per heavy atom. The van der Waals surface area contributed by atoms with Gasteiger partial charge in [0, 0.05) is 22.6 Å². The minimum Gasteiger partial charge on any atom is -0.496 e. The van der Waals surface area contributed by atoms with E-state index in [-0.39, 0.29) is 29.7 Å². The summed E-state index contributed by atoms with van der Waals surface area (Å²) in [5.41, 5.74) is 4.03. The highest BCUT2D eigenvalue weighted by atomic mass is 16.5. The summed E-state index contributed by atoms with van der Waals surface area (Å²) in [6.45, 7) is 7.11. The largest absolute Gasteiger partial charge is 0.496 e. The van der Waals surface area contributed by atoms with Gasteiger partial charge in [-0.1, -0.05) is 19.9 Å². The van der Waals surface area contributed by atoms with Crippen molar-refractivity contribution in [1.82, 2.24) is 4.98 Å². The van der Waals surface area contributed by atoms with Crippen LogP contribution in [0.3, 0.4) is 0 Å². The maximum atomic E-state index is 12.0. The van der Waals surface area contributed by atoms with Crippen molar-refractivity contribution >= 4 is 11.7 Å². The molecular weight excluding hydrogens is 408 g/mol. The summed E-state index contributed by atoms with van der Waals surface area (Å²) >= 11 is 0. The molecule has 0 saturated carbocycles. The van der Waals surface area contributed by atoms with Crippen molar-refractivity contribution in [2.24, 2.45) is 5.92 Å². The molecule has 7 heteroatoms. The molecule has 0 radical (unpaired) electrons. The molecular formula is C25H26N2O5. The lowest BCUT2D eigenvalue weighted by Crippen LogP contribution is -2.46. The van der Waals surface area contributed by atoms with Gasteiger partial charge in [-0.15, -0.1) is 0 Å². The first-order chi connectivity index (χ1) is 15.4. The summed E-state index contributed by atoms with van der Waals surface area (Å²) in [5.74, 6) is 1.78. The van der Waals surface area contributed by atoms with Gasteiger partial charge in [-0.25, -0.2) is 9.78 Å². The number of fused-ring (bicyclic) bond motifs is 4. The van der Waals surface area contributed by atoms with Crippen molar-refractivity contribution in [3.63, 3.8) is 0 Å². The molecule has 1 N–H and O–H groups in total. The van der Waals surface area contributed by atoms with Crippen LogP contribution in [-0.4, -0.2) is 31.3 Å². The van der Waals surface area contributed by atoms with Crippen molar-refractivity contribution in [2.45, 2.75) is 32.2 Å². The van der Waals surface area contributed by atoms with Crippen LogP contribution >= 0.6 is 0 Å². The summed E-state index contributed by atoms with van der Waals surface area (Å²) < 4.78 is 22.4. The van der Waals surface area contributed by atoms with Crippen LogP contribution in [-0.2, 0) is 10.2 Å². The van der Waals surface area contributed by atoms with Crippen LogP contribution < -0.4 is 14.8 Å². The third-order valence-electron chi connectivity index (χ3n) is 6.57. The molecule has 7 nitrogen and oxygen atoms in total. The minimum absolute atomic E-state index is 0.0698. The molecule has 0 aliphatic carbocycles. The standard InChI is InChI=1S/C25H26N2O5/c1-5-30-24(28)18-13-32-23(27-18)14-9-10-17-15(11-14)25(2,3)16-12-31-20-8-6-7-19(29-4)21(20)22(16)26-17/h6-11,13,16,22,26H,5,12H2,1-4H3/t16-,22-/m0/s1. The predicted octanol–water partition coefficient (Wildman–Crippen LogP) is 4.98. The maximum absolute atomic E-state index is 12.0. The fourth-order valence-electron chi connectivity index (χ4n) is 4.82. The van der Waals surface area contributed by atoms with Crippen LogP contribution in [0, 0.1) is 5.92 Å². The second-order valence-corrected chi connectivity index (χ2v) is 8.65. The predicted molar refractivity (Wildman–Crippen MR) is 119 cm³/mol. The van der Waals surface area contributed by atoms with Crippen molar-refractivity contribution in [3.8, 4) is 23.0 Å². The molecule has 166 valence electrons. The number of benzene rings is 2. The highest BCUT2D eigenvalue weighted by molar-refractivity contribution is 5.87. The molecule has 5 rings (SSSR count).